The van der Waals surface area contributed by atoms with Gasteiger partial charge in [-0.25, -0.2) is 0 Å². The third-order valence-electron chi connectivity index (χ3n) is 6.16. The minimum absolute atomic E-state index is 0.132. The van der Waals surface area contributed by atoms with E-state index < -0.39 is 23.5 Å². The van der Waals surface area contributed by atoms with E-state index in [1.165, 1.54) is 0 Å². The summed E-state index contributed by atoms with van der Waals surface area (Å²) in [4.78, 5) is 28.2. The van der Waals surface area contributed by atoms with E-state index in [0.717, 1.165) is 0 Å². The number of amides is 2. The van der Waals surface area contributed by atoms with Crippen LogP contribution < -0.4 is 19.7 Å². The van der Waals surface area contributed by atoms with E-state index in [-0.39, 0.29) is 18.6 Å². The number of benzene rings is 2. The van der Waals surface area contributed by atoms with Gasteiger partial charge in [-0.2, -0.15) is 0 Å². The summed E-state index contributed by atoms with van der Waals surface area (Å²) in [6.45, 7) is 0.517. The molecule has 4 atom stereocenters. The molecule has 2 aromatic carbocycles. The first-order valence-electron chi connectivity index (χ1n) is 9.69. The van der Waals surface area contributed by atoms with Crippen molar-refractivity contribution in [3.05, 3.63) is 59.6 Å². The van der Waals surface area contributed by atoms with Crippen LogP contribution in [0.5, 0.6) is 11.5 Å². The Morgan fingerprint density at radius 3 is 2.90 bits per heavy atom. The van der Waals surface area contributed by atoms with Gasteiger partial charge in [-0.05, 0) is 30.3 Å². The van der Waals surface area contributed by atoms with Gasteiger partial charge in [0, 0.05) is 22.5 Å². The molecule has 2 aromatic rings. The maximum absolute atomic E-state index is 13.4. The molecule has 1 spiro atoms. The largest absolute Gasteiger partial charge is 0.454 e. The van der Waals surface area contributed by atoms with Gasteiger partial charge in [0.1, 0.15) is 5.60 Å². The molecule has 0 aromatic heterocycles. The summed E-state index contributed by atoms with van der Waals surface area (Å²) in [6.07, 6.45) is 3.39. The van der Waals surface area contributed by atoms with E-state index in [0.29, 0.717) is 34.4 Å². The van der Waals surface area contributed by atoms with Gasteiger partial charge in [0.15, 0.2) is 11.5 Å². The monoisotopic (exact) mass is 424 g/mol. The van der Waals surface area contributed by atoms with Crippen LogP contribution in [0.25, 0.3) is 0 Å². The molecule has 6 rings (SSSR count). The Morgan fingerprint density at radius 2 is 2.03 bits per heavy atom. The molecule has 152 valence electrons. The van der Waals surface area contributed by atoms with Gasteiger partial charge in [-0.1, -0.05) is 29.8 Å². The Bertz CT molecular complexity index is 1120. The highest BCUT2D eigenvalue weighted by Crippen LogP contribution is 2.53. The summed E-state index contributed by atoms with van der Waals surface area (Å²) in [7, 11) is 0. The Kier molecular flexibility index (Phi) is 3.70. The van der Waals surface area contributed by atoms with Gasteiger partial charge >= 0.3 is 0 Å². The van der Waals surface area contributed by atoms with Gasteiger partial charge in [-0.3, -0.25) is 9.59 Å². The van der Waals surface area contributed by atoms with Crippen molar-refractivity contribution >= 4 is 34.8 Å². The van der Waals surface area contributed by atoms with Crippen LogP contribution in [0, 0.1) is 11.8 Å². The molecule has 7 nitrogen and oxygen atoms in total. The maximum atomic E-state index is 13.4. The summed E-state index contributed by atoms with van der Waals surface area (Å²) < 4.78 is 17.0. The van der Waals surface area contributed by atoms with Crippen molar-refractivity contribution in [2.45, 2.75) is 11.7 Å². The SMILES string of the molecule is O=C(Nc1cccc(Cl)c1)C1C2C=CC3(CN(c4ccc5c(c4)OCO5)C(=O)C13)O2. The highest BCUT2D eigenvalue weighted by atomic mass is 35.5. The fourth-order valence-corrected chi connectivity index (χ4v) is 5.05. The molecule has 30 heavy (non-hydrogen) atoms. The summed E-state index contributed by atoms with van der Waals surface area (Å²) in [5.41, 5.74) is 0.489. The van der Waals surface area contributed by atoms with E-state index in [1.807, 2.05) is 18.2 Å². The van der Waals surface area contributed by atoms with Gasteiger partial charge in [0.2, 0.25) is 18.6 Å². The predicted molar refractivity (Wildman–Crippen MR) is 109 cm³/mol. The number of rotatable bonds is 3. The molecule has 8 heteroatoms. The van der Waals surface area contributed by atoms with Crippen LogP contribution in [0.3, 0.4) is 0 Å². The molecular weight excluding hydrogens is 408 g/mol. The van der Waals surface area contributed by atoms with Gasteiger partial charge in [-0.15, -0.1) is 0 Å². The number of carbonyl (C=O) groups excluding carboxylic acids is 2. The average Bonchev–Trinajstić information content (AvgIpc) is 3.48. The number of carbonyl (C=O) groups is 2. The fourth-order valence-electron chi connectivity index (χ4n) is 4.86. The number of ether oxygens (including phenoxy) is 3. The van der Waals surface area contributed by atoms with E-state index in [9.17, 15) is 9.59 Å². The molecule has 4 aliphatic heterocycles. The first-order chi connectivity index (χ1) is 14.5. The molecule has 0 saturated carbocycles. The average molecular weight is 425 g/mol. The van der Waals surface area contributed by atoms with Crippen LogP contribution >= 0.6 is 11.6 Å². The van der Waals surface area contributed by atoms with Crippen LogP contribution in [-0.2, 0) is 14.3 Å². The third-order valence-corrected chi connectivity index (χ3v) is 6.40. The molecule has 2 amide bonds. The lowest BCUT2D eigenvalue weighted by Gasteiger charge is -2.23. The molecular formula is C22H17ClN2O5. The van der Waals surface area contributed by atoms with E-state index in [2.05, 4.69) is 5.32 Å². The zero-order chi connectivity index (χ0) is 20.5. The Labute approximate surface area is 177 Å². The molecule has 2 bridgehead atoms. The summed E-state index contributed by atoms with van der Waals surface area (Å²) in [6, 6.07) is 12.3. The molecule has 2 saturated heterocycles. The van der Waals surface area contributed by atoms with Crippen molar-refractivity contribution in [3.8, 4) is 11.5 Å². The third kappa shape index (κ3) is 2.49. The highest BCUT2D eigenvalue weighted by molar-refractivity contribution is 6.30. The van der Waals surface area contributed by atoms with Crippen LogP contribution in [0.1, 0.15) is 0 Å². The lowest BCUT2D eigenvalue weighted by atomic mass is 9.77. The van der Waals surface area contributed by atoms with Crippen LogP contribution in [-0.4, -0.2) is 36.9 Å². The lowest BCUT2D eigenvalue weighted by molar-refractivity contribution is -0.128. The maximum Gasteiger partial charge on any atom is 0.234 e. The smallest absolute Gasteiger partial charge is 0.234 e. The van der Waals surface area contributed by atoms with E-state index in [4.69, 9.17) is 25.8 Å². The van der Waals surface area contributed by atoms with Gasteiger partial charge < -0.3 is 24.4 Å². The van der Waals surface area contributed by atoms with E-state index in [1.54, 1.807) is 41.3 Å². The Hall–Kier alpha value is -3.03. The fraction of sp³-hybridized carbons (Fsp3) is 0.273. The number of anilines is 2. The molecule has 2 fully saturated rings. The molecule has 0 radical (unpaired) electrons. The zero-order valence-electron chi connectivity index (χ0n) is 15.7. The van der Waals surface area contributed by atoms with Crippen LogP contribution in [0.15, 0.2) is 54.6 Å². The molecule has 4 heterocycles. The topological polar surface area (TPSA) is 77.1 Å². The number of nitrogens with zero attached hydrogens (tertiary/aromatic N) is 1. The Balaban J connectivity index is 1.30. The lowest BCUT2D eigenvalue weighted by Crippen LogP contribution is -2.41. The molecule has 0 aliphatic carbocycles. The number of hydrogen-bond donors (Lipinski definition) is 1. The number of halogens is 1. The van der Waals surface area contributed by atoms with Crippen molar-refractivity contribution in [1.29, 1.82) is 0 Å². The first kappa shape index (κ1) is 17.8. The second-order valence-corrected chi connectivity index (χ2v) is 8.30. The molecule has 1 N–H and O–H groups in total. The van der Waals surface area contributed by atoms with Crippen molar-refractivity contribution in [2.75, 3.05) is 23.6 Å². The summed E-state index contributed by atoms with van der Waals surface area (Å²) in [5, 5.41) is 3.41. The number of hydrogen-bond acceptors (Lipinski definition) is 5. The van der Waals surface area contributed by atoms with Crippen molar-refractivity contribution in [2.24, 2.45) is 11.8 Å². The zero-order valence-corrected chi connectivity index (χ0v) is 16.5. The van der Waals surface area contributed by atoms with Crippen molar-refractivity contribution in [3.63, 3.8) is 0 Å². The van der Waals surface area contributed by atoms with Gasteiger partial charge in [0.25, 0.3) is 0 Å². The second-order valence-electron chi connectivity index (χ2n) is 7.86. The number of nitrogens with one attached hydrogen (secondary N) is 1. The number of fused-ring (bicyclic) bond motifs is 2. The minimum Gasteiger partial charge on any atom is -0.454 e. The van der Waals surface area contributed by atoms with Gasteiger partial charge in [0.05, 0.1) is 24.5 Å². The highest BCUT2D eigenvalue weighted by Gasteiger charge is 2.67. The molecule has 4 aliphatic rings. The second kappa shape index (κ2) is 6.23. The van der Waals surface area contributed by atoms with Crippen LogP contribution in [0.2, 0.25) is 5.02 Å². The minimum atomic E-state index is -0.797. The van der Waals surface area contributed by atoms with Crippen molar-refractivity contribution in [1.82, 2.24) is 0 Å². The quantitative estimate of drug-likeness (QED) is 0.766. The first-order valence-corrected chi connectivity index (χ1v) is 10.1. The standard InChI is InChI=1S/C22H17ClN2O5/c23-12-2-1-3-13(8-12)24-20(26)18-16-6-7-22(30-16)10-25(21(27)19(18)22)14-4-5-15-17(9-14)29-11-28-15/h1-9,16,18-19H,10-11H2,(H,24,26). The van der Waals surface area contributed by atoms with Crippen LogP contribution in [0.4, 0.5) is 11.4 Å². The van der Waals surface area contributed by atoms with Crippen molar-refractivity contribution < 1.29 is 23.8 Å². The normalized spacial score (nSPS) is 30.1. The molecule has 4 unspecified atom stereocenters. The van der Waals surface area contributed by atoms with E-state index >= 15 is 0 Å². The predicted octanol–water partition coefficient (Wildman–Crippen LogP) is 2.99. The Morgan fingerprint density at radius 1 is 1.17 bits per heavy atom. The summed E-state index contributed by atoms with van der Waals surface area (Å²) >= 11 is 6.02. The summed E-state index contributed by atoms with van der Waals surface area (Å²) in [5.74, 6) is -0.325.